The number of aromatic nitrogens is 1. The van der Waals surface area contributed by atoms with Crippen molar-refractivity contribution in [1.82, 2.24) is 5.16 Å². The molecule has 1 heterocycles. The summed E-state index contributed by atoms with van der Waals surface area (Å²) in [5, 5.41) is 2.98. The molecule has 1 aromatic heterocycles. The van der Waals surface area contributed by atoms with Gasteiger partial charge in [0, 0.05) is 11.1 Å². The second-order valence-corrected chi connectivity index (χ2v) is 2.81. The van der Waals surface area contributed by atoms with Crippen LogP contribution >= 0.6 is 11.6 Å². The average molecular weight is 179 g/mol. The van der Waals surface area contributed by atoms with Crippen molar-refractivity contribution in [3.05, 3.63) is 27.5 Å². The molecule has 0 fully saturated rings. The number of hydrogen-bond donors (Lipinski definition) is 1. The standard InChI is InChI=1S/C7H3BClNO2/c8-4-1-3-6(2-5(4)9)12-10-7(3)11/h1-2H,(H,10,11). The lowest BCUT2D eigenvalue weighted by Gasteiger charge is -1.94. The molecule has 0 bridgehead atoms. The van der Waals surface area contributed by atoms with Crippen molar-refractivity contribution in [1.29, 1.82) is 0 Å². The van der Waals surface area contributed by atoms with E-state index in [9.17, 15) is 4.79 Å². The highest BCUT2D eigenvalue weighted by Gasteiger charge is 2.05. The second kappa shape index (κ2) is 2.42. The van der Waals surface area contributed by atoms with Crippen LogP contribution in [0.15, 0.2) is 21.5 Å². The SMILES string of the molecule is [B]c1cc2c(=O)[nH]oc2cc1Cl. The molecule has 1 aromatic carbocycles. The summed E-state index contributed by atoms with van der Waals surface area (Å²) in [6.07, 6.45) is 0. The van der Waals surface area contributed by atoms with Crippen LogP contribution < -0.4 is 11.0 Å². The van der Waals surface area contributed by atoms with Gasteiger partial charge in [-0.3, -0.25) is 4.79 Å². The van der Waals surface area contributed by atoms with Gasteiger partial charge in [0.2, 0.25) is 0 Å². The fourth-order valence-corrected chi connectivity index (χ4v) is 1.14. The molecule has 2 aromatic rings. The predicted molar refractivity (Wildman–Crippen MR) is 47.2 cm³/mol. The van der Waals surface area contributed by atoms with Gasteiger partial charge in [0.1, 0.15) is 7.85 Å². The van der Waals surface area contributed by atoms with Crippen molar-refractivity contribution in [3.63, 3.8) is 0 Å². The van der Waals surface area contributed by atoms with Crippen LogP contribution in [-0.2, 0) is 0 Å². The Hall–Kier alpha value is -1.16. The summed E-state index contributed by atoms with van der Waals surface area (Å²) in [6, 6.07) is 2.99. The number of aromatic amines is 1. The second-order valence-electron chi connectivity index (χ2n) is 2.40. The molecule has 0 atom stereocenters. The topological polar surface area (TPSA) is 46.0 Å². The van der Waals surface area contributed by atoms with Crippen molar-refractivity contribution in [3.8, 4) is 0 Å². The Morgan fingerprint density at radius 2 is 2.25 bits per heavy atom. The maximum atomic E-state index is 11.0. The maximum Gasteiger partial charge on any atom is 0.287 e. The van der Waals surface area contributed by atoms with Gasteiger partial charge in [-0.25, -0.2) is 0 Å². The minimum atomic E-state index is -0.298. The molecule has 1 N–H and O–H groups in total. The summed E-state index contributed by atoms with van der Waals surface area (Å²) in [5.74, 6) is 0. The first-order valence-electron chi connectivity index (χ1n) is 3.24. The van der Waals surface area contributed by atoms with E-state index >= 15 is 0 Å². The summed E-state index contributed by atoms with van der Waals surface area (Å²) in [6.45, 7) is 0. The van der Waals surface area contributed by atoms with Gasteiger partial charge in [-0.1, -0.05) is 23.1 Å². The first-order chi connectivity index (χ1) is 5.68. The van der Waals surface area contributed by atoms with Gasteiger partial charge >= 0.3 is 0 Å². The minimum absolute atomic E-state index is 0.298. The monoisotopic (exact) mass is 179 g/mol. The highest BCUT2D eigenvalue weighted by Crippen LogP contribution is 2.13. The van der Waals surface area contributed by atoms with Crippen molar-refractivity contribution >= 4 is 35.9 Å². The molecule has 12 heavy (non-hydrogen) atoms. The maximum absolute atomic E-state index is 11.0. The Morgan fingerprint density at radius 1 is 1.50 bits per heavy atom. The van der Waals surface area contributed by atoms with Crippen molar-refractivity contribution in [2.45, 2.75) is 0 Å². The van der Waals surface area contributed by atoms with Crippen LogP contribution in [0.25, 0.3) is 11.0 Å². The van der Waals surface area contributed by atoms with Crippen LogP contribution in [0, 0.1) is 0 Å². The zero-order valence-electron chi connectivity index (χ0n) is 5.93. The first kappa shape index (κ1) is 7.49. The smallest absolute Gasteiger partial charge is 0.287 e. The van der Waals surface area contributed by atoms with E-state index in [0.29, 0.717) is 21.5 Å². The lowest BCUT2D eigenvalue weighted by Crippen LogP contribution is -2.06. The van der Waals surface area contributed by atoms with Crippen LogP contribution in [-0.4, -0.2) is 13.0 Å². The third kappa shape index (κ3) is 0.957. The Balaban J connectivity index is 2.97. The summed E-state index contributed by atoms with van der Waals surface area (Å²) >= 11 is 5.70. The lowest BCUT2D eigenvalue weighted by molar-refractivity contribution is 0.449. The van der Waals surface area contributed by atoms with Crippen LogP contribution in [0.2, 0.25) is 5.02 Å². The Bertz CT molecular complexity index is 488. The van der Waals surface area contributed by atoms with Gasteiger partial charge in [-0.15, -0.1) is 0 Å². The fraction of sp³-hybridized carbons (Fsp3) is 0. The molecule has 0 aliphatic heterocycles. The first-order valence-corrected chi connectivity index (χ1v) is 3.62. The molecule has 2 radical (unpaired) electrons. The van der Waals surface area contributed by atoms with E-state index in [1.54, 1.807) is 0 Å². The van der Waals surface area contributed by atoms with E-state index in [-0.39, 0.29) is 5.56 Å². The van der Waals surface area contributed by atoms with E-state index in [1.807, 2.05) is 0 Å². The lowest BCUT2D eigenvalue weighted by atomic mass is 9.95. The number of hydrogen-bond acceptors (Lipinski definition) is 2. The number of nitrogens with one attached hydrogen (secondary N) is 1. The molecule has 3 nitrogen and oxygen atoms in total. The molecule has 2 rings (SSSR count). The van der Waals surface area contributed by atoms with E-state index < -0.39 is 0 Å². The highest BCUT2D eigenvalue weighted by atomic mass is 35.5. The van der Waals surface area contributed by atoms with Gasteiger partial charge in [0.25, 0.3) is 5.56 Å². The molecular formula is C7H3BClNO2. The molecule has 0 saturated carbocycles. The van der Waals surface area contributed by atoms with Crippen molar-refractivity contribution in [2.24, 2.45) is 0 Å². The van der Waals surface area contributed by atoms with E-state index in [0.717, 1.165) is 0 Å². The number of rotatable bonds is 0. The number of halogens is 1. The van der Waals surface area contributed by atoms with E-state index in [1.165, 1.54) is 12.1 Å². The van der Waals surface area contributed by atoms with Crippen LogP contribution in [0.3, 0.4) is 0 Å². The molecule has 58 valence electrons. The Morgan fingerprint density at radius 3 is 3.00 bits per heavy atom. The number of benzene rings is 1. The zero-order valence-corrected chi connectivity index (χ0v) is 6.68. The van der Waals surface area contributed by atoms with Gasteiger partial charge in [0.15, 0.2) is 5.58 Å². The van der Waals surface area contributed by atoms with Crippen LogP contribution in [0.4, 0.5) is 0 Å². The predicted octanol–water partition coefficient (Wildman–Crippen LogP) is 0.568. The third-order valence-corrected chi connectivity index (χ3v) is 1.92. The van der Waals surface area contributed by atoms with Gasteiger partial charge in [-0.05, 0) is 0 Å². The van der Waals surface area contributed by atoms with Crippen LogP contribution in [0.5, 0.6) is 0 Å². The molecule has 0 saturated heterocycles. The van der Waals surface area contributed by atoms with Gasteiger partial charge in [0.05, 0.1) is 5.39 Å². The largest absolute Gasteiger partial charge is 0.378 e. The molecule has 5 heteroatoms. The summed E-state index contributed by atoms with van der Waals surface area (Å²) < 4.78 is 4.81. The van der Waals surface area contributed by atoms with Crippen molar-refractivity contribution in [2.75, 3.05) is 0 Å². The summed E-state index contributed by atoms with van der Waals surface area (Å²) in [7, 11) is 5.49. The van der Waals surface area contributed by atoms with Crippen molar-refractivity contribution < 1.29 is 4.52 Å². The molecular weight excluding hydrogens is 176 g/mol. The van der Waals surface area contributed by atoms with E-state index in [4.69, 9.17) is 24.0 Å². The Labute approximate surface area is 73.7 Å². The molecule has 0 unspecified atom stereocenters. The van der Waals surface area contributed by atoms with Gasteiger partial charge in [-0.2, -0.15) is 5.16 Å². The summed E-state index contributed by atoms with van der Waals surface area (Å²) in [5.41, 5.74) is 0.489. The van der Waals surface area contributed by atoms with E-state index in [2.05, 4.69) is 5.16 Å². The van der Waals surface area contributed by atoms with Gasteiger partial charge < -0.3 is 4.52 Å². The third-order valence-electron chi connectivity index (χ3n) is 1.60. The minimum Gasteiger partial charge on any atom is -0.378 e. The quantitative estimate of drug-likeness (QED) is 0.601. The Kier molecular flexibility index (Phi) is 1.51. The summed E-state index contributed by atoms with van der Waals surface area (Å²) in [4.78, 5) is 11.0. The highest BCUT2D eigenvalue weighted by molar-refractivity contribution is 6.45. The fourth-order valence-electron chi connectivity index (χ4n) is 0.990. The normalized spacial score (nSPS) is 10.8. The molecule has 0 aliphatic rings. The molecule has 0 aliphatic carbocycles. The average Bonchev–Trinajstić information content (AvgIpc) is 2.35. The number of fused-ring (bicyclic) bond motifs is 1. The number of H-pyrrole nitrogens is 1. The van der Waals surface area contributed by atoms with Crippen LogP contribution in [0.1, 0.15) is 0 Å². The zero-order chi connectivity index (χ0) is 8.72. The molecule has 0 spiro atoms. The molecule has 0 amide bonds.